The molecule has 1 aromatic carbocycles. The maximum Gasteiger partial charge on any atom is 0.0320 e. The number of hydrogen-bond acceptors (Lipinski definition) is 1. The van der Waals surface area contributed by atoms with Gasteiger partial charge in [-0.05, 0) is 49.3 Å². The predicted octanol–water partition coefficient (Wildman–Crippen LogP) is 5.58. The lowest BCUT2D eigenvalue weighted by Crippen LogP contribution is -2.22. The summed E-state index contributed by atoms with van der Waals surface area (Å²) in [6.07, 6.45) is 10.8. The van der Waals surface area contributed by atoms with Crippen molar-refractivity contribution in [2.45, 2.75) is 77.2 Å². The molecule has 1 aliphatic rings. The van der Waals surface area contributed by atoms with E-state index in [0.29, 0.717) is 6.04 Å². The Kier molecular flexibility index (Phi) is 6.59. The summed E-state index contributed by atoms with van der Waals surface area (Å²) in [6.45, 7) is 5.63. The van der Waals surface area contributed by atoms with Crippen molar-refractivity contribution in [1.82, 2.24) is 5.32 Å². The Morgan fingerprint density at radius 1 is 1.00 bits per heavy atom. The molecule has 1 unspecified atom stereocenters. The van der Waals surface area contributed by atoms with E-state index in [4.69, 9.17) is 0 Å². The summed E-state index contributed by atoms with van der Waals surface area (Å²) in [5, 5.41) is 3.69. The van der Waals surface area contributed by atoms with E-state index in [-0.39, 0.29) is 0 Å². The molecular formula is C19H31N. The monoisotopic (exact) mass is 273 g/mol. The largest absolute Gasteiger partial charge is 0.310 e. The van der Waals surface area contributed by atoms with Gasteiger partial charge in [0.25, 0.3) is 0 Å². The van der Waals surface area contributed by atoms with Gasteiger partial charge in [-0.2, -0.15) is 0 Å². The molecule has 20 heavy (non-hydrogen) atoms. The molecule has 0 heterocycles. The fourth-order valence-electron chi connectivity index (χ4n) is 3.43. The van der Waals surface area contributed by atoms with Crippen LogP contribution in [-0.2, 0) is 0 Å². The summed E-state index contributed by atoms with van der Waals surface area (Å²) >= 11 is 0. The SMILES string of the molecule is CCCNC(CCC)c1ccc(C2CCCCC2)cc1. The number of hydrogen-bond donors (Lipinski definition) is 1. The highest BCUT2D eigenvalue weighted by Gasteiger charge is 2.16. The second kappa shape index (κ2) is 8.46. The summed E-state index contributed by atoms with van der Waals surface area (Å²) in [4.78, 5) is 0. The molecule has 0 bridgehead atoms. The van der Waals surface area contributed by atoms with Crippen LogP contribution < -0.4 is 5.32 Å². The first-order valence-corrected chi connectivity index (χ1v) is 8.68. The standard InChI is InChI=1S/C19H31N/c1-3-8-19(20-15-4-2)18-13-11-17(12-14-18)16-9-6-5-7-10-16/h11-14,16,19-20H,3-10,15H2,1-2H3. The van der Waals surface area contributed by atoms with Gasteiger partial charge < -0.3 is 5.32 Å². The van der Waals surface area contributed by atoms with Crippen molar-refractivity contribution in [1.29, 1.82) is 0 Å². The Bertz CT molecular complexity index is 362. The lowest BCUT2D eigenvalue weighted by Gasteiger charge is -2.23. The van der Waals surface area contributed by atoms with Crippen LogP contribution in [0, 0.1) is 0 Å². The third-order valence-corrected chi connectivity index (χ3v) is 4.63. The van der Waals surface area contributed by atoms with Crippen LogP contribution in [0.1, 0.15) is 88.3 Å². The number of nitrogens with one attached hydrogen (secondary N) is 1. The topological polar surface area (TPSA) is 12.0 Å². The van der Waals surface area contributed by atoms with Gasteiger partial charge in [0.2, 0.25) is 0 Å². The molecule has 1 atom stereocenters. The van der Waals surface area contributed by atoms with Crippen LogP contribution in [0.4, 0.5) is 0 Å². The van der Waals surface area contributed by atoms with E-state index in [9.17, 15) is 0 Å². The summed E-state index contributed by atoms with van der Waals surface area (Å²) in [5.41, 5.74) is 3.04. The Hall–Kier alpha value is -0.820. The molecule has 1 nitrogen and oxygen atoms in total. The third kappa shape index (κ3) is 4.34. The highest BCUT2D eigenvalue weighted by molar-refractivity contribution is 5.27. The maximum atomic E-state index is 3.69. The van der Waals surface area contributed by atoms with Crippen molar-refractivity contribution in [2.24, 2.45) is 0 Å². The molecule has 0 saturated heterocycles. The predicted molar refractivity (Wildman–Crippen MR) is 88.2 cm³/mol. The van der Waals surface area contributed by atoms with Gasteiger partial charge in [0.05, 0.1) is 0 Å². The molecule has 1 saturated carbocycles. The Balaban J connectivity index is 2.00. The van der Waals surface area contributed by atoms with Crippen molar-refractivity contribution in [2.75, 3.05) is 6.54 Å². The fourth-order valence-corrected chi connectivity index (χ4v) is 3.43. The zero-order valence-corrected chi connectivity index (χ0v) is 13.3. The van der Waals surface area contributed by atoms with Gasteiger partial charge in [-0.15, -0.1) is 0 Å². The molecule has 0 spiro atoms. The molecule has 1 heteroatoms. The molecule has 0 aromatic heterocycles. The zero-order valence-electron chi connectivity index (χ0n) is 13.3. The molecule has 1 N–H and O–H groups in total. The highest BCUT2D eigenvalue weighted by Crippen LogP contribution is 2.33. The van der Waals surface area contributed by atoms with E-state index in [1.165, 1.54) is 56.9 Å². The van der Waals surface area contributed by atoms with E-state index < -0.39 is 0 Å². The van der Waals surface area contributed by atoms with Gasteiger partial charge in [0.1, 0.15) is 0 Å². The van der Waals surface area contributed by atoms with Gasteiger partial charge in [-0.25, -0.2) is 0 Å². The van der Waals surface area contributed by atoms with Gasteiger partial charge in [0, 0.05) is 6.04 Å². The Labute approximate surface area is 125 Å². The first kappa shape index (κ1) is 15.6. The maximum absolute atomic E-state index is 3.69. The molecule has 1 fully saturated rings. The molecular weight excluding hydrogens is 242 g/mol. The average molecular weight is 273 g/mol. The lowest BCUT2D eigenvalue weighted by molar-refractivity contribution is 0.443. The first-order chi connectivity index (χ1) is 9.85. The molecule has 2 rings (SSSR count). The van der Waals surface area contributed by atoms with E-state index in [0.717, 1.165) is 12.5 Å². The van der Waals surface area contributed by atoms with E-state index >= 15 is 0 Å². The van der Waals surface area contributed by atoms with Crippen LogP contribution in [0.3, 0.4) is 0 Å². The van der Waals surface area contributed by atoms with E-state index in [2.05, 4.69) is 43.4 Å². The molecule has 1 aliphatic carbocycles. The smallest absolute Gasteiger partial charge is 0.0320 e. The van der Waals surface area contributed by atoms with Gasteiger partial charge >= 0.3 is 0 Å². The lowest BCUT2D eigenvalue weighted by atomic mass is 9.83. The van der Waals surface area contributed by atoms with E-state index in [1.54, 1.807) is 5.56 Å². The molecule has 112 valence electrons. The second-order valence-corrected chi connectivity index (χ2v) is 6.30. The quantitative estimate of drug-likeness (QED) is 0.684. The zero-order chi connectivity index (χ0) is 14.2. The Morgan fingerprint density at radius 3 is 2.30 bits per heavy atom. The molecule has 0 radical (unpaired) electrons. The van der Waals surface area contributed by atoms with Crippen LogP contribution in [0.2, 0.25) is 0 Å². The first-order valence-electron chi connectivity index (χ1n) is 8.68. The van der Waals surface area contributed by atoms with Crippen LogP contribution >= 0.6 is 0 Å². The van der Waals surface area contributed by atoms with Crippen LogP contribution in [0.5, 0.6) is 0 Å². The van der Waals surface area contributed by atoms with Gasteiger partial charge in [0.15, 0.2) is 0 Å². The minimum Gasteiger partial charge on any atom is -0.310 e. The fraction of sp³-hybridized carbons (Fsp3) is 0.684. The average Bonchev–Trinajstić information content (AvgIpc) is 2.52. The van der Waals surface area contributed by atoms with Crippen molar-refractivity contribution >= 4 is 0 Å². The van der Waals surface area contributed by atoms with Crippen LogP contribution in [0.15, 0.2) is 24.3 Å². The molecule has 0 amide bonds. The van der Waals surface area contributed by atoms with Gasteiger partial charge in [-0.1, -0.05) is 63.8 Å². The van der Waals surface area contributed by atoms with Crippen LogP contribution in [0.25, 0.3) is 0 Å². The van der Waals surface area contributed by atoms with Crippen molar-refractivity contribution in [3.8, 4) is 0 Å². The molecule has 1 aromatic rings. The van der Waals surface area contributed by atoms with E-state index in [1.807, 2.05) is 0 Å². The molecule has 0 aliphatic heterocycles. The number of rotatable bonds is 7. The highest BCUT2D eigenvalue weighted by atomic mass is 14.9. The van der Waals surface area contributed by atoms with Crippen molar-refractivity contribution < 1.29 is 0 Å². The third-order valence-electron chi connectivity index (χ3n) is 4.63. The minimum absolute atomic E-state index is 0.542. The summed E-state index contributed by atoms with van der Waals surface area (Å²) in [5.74, 6) is 0.825. The summed E-state index contributed by atoms with van der Waals surface area (Å²) in [7, 11) is 0. The van der Waals surface area contributed by atoms with Gasteiger partial charge in [-0.3, -0.25) is 0 Å². The summed E-state index contributed by atoms with van der Waals surface area (Å²) in [6, 6.07) is 10.1. The van der Waals surface area contributed by atoms with Crippen molar-refractivity contribution in [3.63, 3.8) is 0 Å². The number of benzene rings is 1. The van der Waals surface area contributed by atoms with Crippen LogP contribution in [-0.4, -0.2) is 6.54 Å². The summed E-state index contributed by atoms with van der Waals surface area (Å²) < 4.78 is 0. The second-order valence-electron chi connectivity index (χ2n) is 6.30. The van der Waals surface area contributed by atoms with Crippen molar-refractivity contribution in [3.05, 3.63) is 35.4 Å². The normalized spacial score (nSPS) is 18.1. The Morgan fingerprint density at radius 2 is 1.70 bits per heavy atom. The minimum atomic E-state index is 0.542.